The number of hydrogen-bond donors (Lipinski definition) is 2. The molecule has 0 unspecified atom stereocenters. The van der Waals surface area contributed by atoms with Gasteiger partial charge in [0.2, 0.25) is 0 Å². The lowest BCUT2D eigenvalue weighted by atomic mass is 10.2. The molecule has 6 nitrogen and oxygen atoms in total. The van der Waals surface area contributed by atoms with Gasteiger partial charge < -0.3 is 15.0 Å². The van der Waals surface area contributed by atoms with Crippen molar-refractivity contribution in [1.29, 1.82) is 0 Å². The van der Waals surface area contributed by atoms with Gasteiger partial charge in [0.05, 0.1) is 23.9 Å². The molecule has 1 aliphatic rings. The van der Waals surface area contributed by atoms with Crippen LogP contribution in [0.1, 0.15) is 0 Å². The van der Waals surface area contributed by atoms with E-state index in [1.54, 1.807) is 12.1 Å². The summed E-state index contributed by atoms with van der Waals surface area (Å²) >= 11 is 6.17. The van der Waals surface area contributed by atoms with Gasteiger partial charge in [-0.1, -0.05) is 11.6 Å². The molecule has 118 valence electrons. The van der Waals surface area contributed by atoms with Crippen LogP contribution in [0.15, 0.2) is 54.5 Å². The Morgan fingerprint density at radius 2 is 1.91 bits per heavy atom. The van der Waals surface area contributed by atoms with Crippen molar-refractivity contribution in [3.8, 4) is 5.69 Å². The number of β-amino-alcohol motifs (C(OH)–C–C–N with tert-alkyl or cyclic N) is 1. The Morgan fingerprint density at radius 3 is 2.61 bits per heavy atom. The normalized spacial score (nSPS) is 14.3. The Bertz CT molecular complexity index is 784. The Kier molecular flexibility index (Phi) is 4.18. The fourth-order valence-corrected chi connectivity index (χ4v) is 2.50. The van der Waals surface area contributed by atoms with E-state index < -0.39 is 11.8 Å². The molecule has 0 saturated carbocycles. The molecule has 0 aliphatic carbocycles. The highest BCUT2D eigenvalue weighted by molar-refractivity contribution is 6.33. The highest BCUT2D eigenvalue weighted by Crippen LogP contribution is 2.27. The first-order valence-corrected chi connectivity index (χ1v) is 7.36. The van der Waals surface area contributed by atoms with Crippen molar-refractivity contribution in [2.75, 3.05) is 18.5 Å². The molecular weight excluding hydrogens is 318 g/mol. The summed E-state index contributed by atoms with van der Waals surface area (Å²) in [5.41, 5.74) is 1.53. The van der Waals surface area contributed by atoms with Gasteiger partial charge in [-0.25, -0.2) is 0 Å². The molecule has 1 aromatic carbocycles. The Hall–Kier alpha value is -2.57. The minimum absolute atomic E-state index is 0.0313. The molecule has 0 atom stereocenters. The number of benzene rings is 1. The fraction of sp³-hybridized carbons (Fsp3) is 0.125. The minimum atomic E-state index is -0.480. The van der Waals surface area contributed by atoms with Crippen LogP contribution in [-0.2, 0) is 9.59 Å². The maximum Gasteiger partial charge on any atom is 0.277 e. The van der Waals surface area contributed by atoms with Crippen molar-refractivity contribution < 1.29 is 14.7 Å². The summed E-state index contributed by atoms with van der Waals surface area (Å²) in [5.74, 6) is -0.935. The van der Waals surface area contributed by atoms with Crippen LogP contribution < -0.4 is 5.32 Å². The van der Waals surface area contributed by atoms with E-state index >= 15 is 0 Å². The summed E-state index contributed by atoms with van der Waals surface area (Å²) in [7, 11) is 0. The number of carbonyl (C=O) groups excluding carboxylic acids is 2. The summed E-state index contributed by atoms with van der Waals surface area (Å²) in [5, 5.41) is 12.2. The number of rotatable bonds is 5. The van der Waals surface area contributed by atoms with Gasteiger partial charge in [0.1, 0.15) is 5.70 Å². The van der Waals surface area contributed by atoms with Crippen LogP contribution in [0.25, 0.3) is 5.69 Å². The number of nitrogens with zero attached hydrogens (tertiary/aromatic N) is 2. The van der Waals surface area contributed by atoms with E-state index in [0.717, 1.165) is 10.6 Å². The first kappa shape index (κ1) is 15.3. The average molecular weight is 332 g/mol. The van der Waals surface area contributed by atoms with Gasteiger partial charge in [-0.2, -0.15) is 0 Å². The largest absolute Gasteiger partial charge is 0.395 e. The van der Waals surface area contributed by atoms with Gasteiger partial charge in [-0.3, -0.25) is 14.5 Å². The predicted octanol–water partition coefficient (Wildman–Crippen LogP) is 1.79. The average Bonchev–Trinajstić information content (AvgIpc) is 3.15. The lowest BCUT2D eigenvalue weighted by Gasteiger charge is -2.14. The highest BCUT2D eigenvalue weighted by Gasteiger charge is 2.30. The van der Waals surface area contributed by atoms with Crippen LogP contribution >= 0.6 is 11.6 Å². The van der Waals surface area contributed by atoms with Crippen molar-refractivity contribution in [1.82, 2.24) is 9.47 Å². The number of imide groups is 1. The van der Waals surface area contributed by atoms with Gasteiger partial charge in [0.15, 0.2) is 0 Å². The van der Waals surface area contributed by atoms with Crippen molar-refractivity contribution >= 4 is 29.1 Å². The number of aliphatic hydroxyl groups excluding tert-OH is 1. The van der Waals surface area contributed by atoms with E-state index in [1.165, 1.54) is 6.08 Å². The molecule has 23 heavy (non-hydrogen) atoms. The lowest BCUT2D eigenvalue weighted by molar-refractivity contribution is -0.137. The first-order valence-electron chi connectivity index (χ1n) is 6.98. The molecule has 2 heterocycles. The lowest BCUT2D eigenvalue weighted by Crippen LogP contribution is -2.34. The highest BCUT2D eigenvalue weighted by atomic mass is 35.5. The summed E-state index contributed by atoms with van der Waals surface area (Å²) < 4.78 is 1.90. The number of anilines is 1. The number of aromatic nitrogens is 1. The van der Waals surface area contributed by atoms with Crippen LogP contribution in [-0.4, -0.2) is 39.5 Å². The number of nitrogens with one attached hydrogen (secondary N) is 1. The van der Waals surface area contributed by atoms with Crippen LogP contribution in [0.4, 0.5) is 5.69 Å². The van der Waals surface area contributed by atoms with Crippen molar-refractivity contribution in [3.63, 3.8) is 0 Å². The third-order valence-electron chi connectivity index (χ3n) is 3.45. The van der Waals surface area contributed by atoms with Gasteiger partial charge >= 0.3 is 0 Å². The topological polar surface area (TPSA) is 74.6 Å². The molecular formula is C16H14ClN3O3. The van der Waals surface area contributed by atoms with Crippen molar-refractivity contribution in [2.24, 2.45) is 0 Å². The molecule has 0 fully saturated rings. The van der Waals surface area contributed by atoms with Crippen LogP contribution in [0.3, 0.4) is 0 Å². The van der Waals surface area contributed by atoms with E-state index in [1.807, 2.05) is 35.2 Å². The molecule has 0 spiro atoms. The molecule has 2 amide bonds. The summed E-state index contributed by atoms with van der Waals surface area (Å²) in [6.07, 6.45) is 4.98. The maximum absolute atomic E-state index is 12.2. The molecule has 3 rings (SSSR count). The van der Waals surface area contributed by atoms with Gasteiger partial charge in [-0.05, 0) is 30.3 Å². The molecule has 2 aromatic rings. The van der Waals surface area contributed by atoms with E-state index in [2.05, 4.69) is 5.32 Å². The van der Waals surface area contributed by atoms with Gasteiger partial charge in [0.25, 0.3) is 11.8 Å². The number of hydrogen-bond acceptors (Lipinski definition) is 4. The van der Waals surface area contributed by atoms with Gasteiger partial charge in [0, 0.05) is 24.2 Å². The predicted molar refractivity (Wildman–Crippen MR) is 86.3 cm³/mol. The van der Waals surface area contributed by atoms with Crippen LogP contribution in [0, 0.1) is 0 Å². The third kappa shape index (κ3) is 2.99. The van der Waals surface area contributed by atoms with Crippen LogP contribution in [0.2, 0.25) is 5.02 Å². The Morgan fingerprint density at radius 1 is 1.17 bits per heavy atom. The second-order valence-electron chi connectivity index (χ2n) is 4.96. The fourth-order valence-electron chi connectivity index (χ4n) is 2.33. The zero-order chi connectivity index (χ0) is 16.4. The third-order valence-corrected chi connectivity index (χ3v) is 3.78. The van der Waals surface area contributed by atoms with E-state index in [9.17, 15) is 9.59 Å². The monoisotopic (exact) mass is 331 g/mol. The molecule has 1 aromatic heterocycles. The number of halogens is 1. The molecule has 7 heteroatoms. The summed E-state index contributed by atoms with van der Waals surface area (Å²) in [4.78, 5) is 24.9. The number of amides is 2. The van der Waals surface area contributed by atoms with E-state index in [0.29, 0.717) is 10.7 Å². The summed E-state index contributed by atoms with van der Waals surface area (Å²) in [6.45, 7) is -0.307. The standard InChI is InChI=1S/C16H14ClN3O3/c17-12-4-3-11(19-5-1-2-6-19)9-13(12)18-14-10-15(22)20(7-8-21)16(14)23/h1-6,9-10,18,21H,7-8H2. The zero-order valence-electron chi connectivity index (χ0n) is 12.1. The van der Waals surface area contributed by atoms with Gasteiger partial charge in [-0.15, -0.1) is 0 Å². The van der Waals surface area contributed by atoms with Crippen molar-refractivity contribution in [2.45, 2.75) is 0 Å². The second kappa shape index (κ2) is 6.28. The number of aliphatic hydroxyl groups is 1. The molecule has 2 N–H and O–H groups in total. The summed E-state index contributed by atoms with van der Waals surface area (Å²) in [6, 6.07) is 9.15. The quantitative estimate of drug-likeness (QED) is 0.819. The molecule has 0 bridgehead atoms. The first-order chi connectivity index (χ1) is 11.1. The van der Waals surface area contributed by atoms with Crippen LogP contribution in [0.5, 0.6) is 0 Å². The molecule has 1 aliphatic heterocycles. The Labute approximate surface area is 137 Å². The second-order valence-corrected chi connectivity index (χ2v) is 5.36. The SMILES string of the molecule is O=C1C=C(Nc2cc(-n3cccc3)ccc2Cl)C(=O)N1CCO. The Balaban J connectivity index is 1.86. The minimum Gasteiger partial charge on any atom is -0.395 e. The maximum atomic E-state index is 12.2. The molecule has 0 saturated heterocycles. The zero-order valence-corrected chi connectivity index (χ0v) is 12.8. The van der Waals surface area contributed by atoms with E-state index in [4.69, 9.17) is 16.7 Å². The molecule has 0 radical (unpaired) electrons. The van der Waals surface area contributed by atoms with Crippen molar-refractivity contribution in [3.05, 3.63) is 59.5 Å². The van der Waals surface area contributed by atoms with E-state index in [-0.39, 0.29) is 18.8 Å². The number of carbonyl (C=O) groups is 2. The smallest absolute Gasteiger partial charge is 0.277 e.